The van der Waals surface area contributed by atoms with Crippen LogP contribution < -0.4 is 4.90 Å². The molecule has 0 N–H and O–H groups in total. The standard InChI is InChI=1S/C21H19ClN4O4/c1-12-3-5-13(6-4-12)18-17-19(24-10-2-9-23(18)24)21(28)25(20(17)27)14-7-8-15(22)16(11-14)26(29)30/h3-8,11,17-19H,2,9-10H2,1H3/t17-,18-,19+/m1/s1. The Balaban J connectivity index is 1.58. The van der Waals surface area contributed by atoms with E-state index in [0.717, 1.165) is 29.0 Å². The van der Waals surface area contributed by atoms with Crippen LogP contribution in [0.4, 0.5) is 11.4 Å². The third-order valence-electron chi connectivity index (χ3n) is 6.21. The predicted octanol–water partition coefficient (Wildman–Crippen LogP) is 3.09. The van der Waals surface area contributed by atoms with Gasteiger partial charge in [-0.05, 0) is 31.0 Å². The van der Waals surface area contributed by atoms with Gasteiger partial charge in [0.2, 0.25) is 5.91 Å². The minimum atomic E-state index is -0.616. The number of nitro groups is 1. The van der Waals surface area contributed by atoms with Gasteiger partial charge < -0.3 is 0 Å². The Morgan fingerprint density at radius 2 is 1.67 bits per heavy atom. The molecule has 2 amide bonds. The zero-order chi connectivity index (χ0) is 21.2. The molecule has 0 bridgehead atoms. The molecule has 0 spiro atoms. The number of nitro benzene ring substituents is 1. The largest absolute Gasteiger partial charge is 0.289 e. The number of hydrazine groups is 1. The van der Waals surface area contributed by atoms with Crippen molar-refractivity contribution in [3.05, 3.63) is 68.7 Å². The van der Waals surface area contributed by atoms with Crippen LogP contribution in [0.1, 0.15) is 23.6 Å². The molecular formula is C21H19ClN4O4. The van der Waals surface area contributed by atoms with E-state index in [1.807, 2.05) is 36.2 Å². The van der Waals surface area contributed by atoms with Gasteiger partial charge in [-0.15, -0.1) is 0 Å². The van der Waals surface area contributed by atoms with Crippen LogP contribution in [0.3, 0.4) is 0 Å². The summed E-state index contributed by atoms with van der Waals surface area (Å²) >= 11 is 5.91. The second-order valence-electron chi connectivity index (χ2n) is 7.91. The molecule has 0 aliphatic carbocycles. The number of anilines is 1. The number of hydrogen-bond acceptors (Lipinski definition) is 6. The van der Waals surface area contributed by atoms with Crippen LogP contribution in [0.15, 0.2) is 42.5 Å². The van der Waals surface area contributed by atoms with E-state index >= 15 is 0 Å². The monoisotopic (exact) mass is 426 g/mol. The summed E-state index contributed by atoms with van der Waals surface area (Å²) in [5, 5.41) is 15.4. The molecule has 3 saturated heterocycles. The summed E-state index contributed by atoms with van der Waals surface area (Å²) in [7, 11) is 0. The summed E-state index contributed by atoms with van der Waals surface area (Å²) < 4.78 is 0. The van der Waals surface area contributed by atoms with Crippen molar-refractivity contribution >= 4 is 34.8 Å². The molecule has 3 fully saturated rings. The van der Waals surface area contributed by atoms with Crippen LogP contribution >= 0.6 is 11.6 Å². The third kappa shape index (κ3) is 2.68. The number of aryl methyl sites for hydroxylation is 1. The molecule has 0 saturated carbocycles. The normalized spacial score (nSPS) is 26.3. The Labute approximate surface area is 177 Å². The van der Waals surface area contributed by atoms with Gasteiger partial charge in [0.25, 0.3) is 11.6 Å². The predicted molar refractivity (Wildman–Crippen MR) is 110 cm³/mol. The summed E-state index contributed by atoms with van der Waals surface area (Å²) in [6.45, 7) is 3.50. The molecular weight excluding hydrogens is 408 g/mol. The highest BCUT2D eigenvalue weighted by Crippen LogP contribution is 2.49. The van der Waals surface area contributed by atoms with E-state index in [2.05, 4.69) is 5.01 Å². The van der Waals surface area contributed by atoms with Crippen LogP contribution in [0.25, 0.3) is 0 Å². The molecule has 154 valence electrons. The maximum absolute atomic E-state index is 13.5. The maximum atomic E-state index is 13.5. The Morgan fingerprint density at radius 1 is 1.00 bits per heavy atom. The molecule has 2 aromatic carbocycles. The molecule has 3 atom stereocenters. The highest BCUT2D eigenvalue weighted by Gasteiger charge is 2.62. The SMILES string of the molecule is Cc1ccc([C@@H]2[C@H]3C(=O)N(c4ccc(Cl)c([N+](=O)[O-])c4)C(=O)[C@H]3N3CCCN23)cc1. The first-order valence-electron chi connectivity index (χ1n) is 9.80. The number of fused-ring (bicyclic) bond motifs is 3. The van der Waals surface area contributed by atoms with Gasteiger partial charge in [-0.25, -0.2) is 14.9 Å². The number of benzene rings is 2. The van der Waals surface area contributed by atoms with Crippen molar-refractivity contribution in [2.75, 3.05) is 18.0 Å². The summed E-state index contributed by atoms with van der Waals surface area (Å²) in [6, 6.07) is 11.2. The molecule has 30 heavy (non-hydrogen) atoms. The molecule has 3 aliphatic heterocycles. The van der Waals surface area contributed by atoms with Crippen molar-refractivity contribution in [3.8, 4) is 0 Å². The Morgan fingerprint density at radius 3 is 2.33 bits per heavy atom. The molecule has 3 heterocycles. The van der Waals surface area contributed by atoms with E-state index < -0.39 is 16.9 Å². The van der Waals surface area contributed by atoms with Gasteiger partial charge in [-0.3, -0.25) is 19.7 Å². The summed E-state index contributed by atoms with van der Waals surface area (Å²) in [6.07, 6.45) is 0.916. The first-order valence-corrected chi connectivity index (χ1v) is 10.2. The van der Waals surface area contributed by atoms with Crippen molar-refractivity contribution < 1.29 is 14.5 Å². The van der Waals surface area contributed by atoms with Crippen molar-refractivity contribution in [2.24, 2.45) is 5.92 Å². The maximum Gasteiger partial charge on any atom is 0.289 e. The number of rotatable bonds is 3. The first-order chi connectivity index (χ1) is 14.4. The lowest BCUT2D eigenvalue weighted by atomic mass is 9.89. The molecule has 9 heteroatoms. The quantitative estimate of drug-likeness (QED) is 0.426. The molecule has 0 radical (unpaired) electrons. The number of halogens is 1. The minimum Gasteiger partial charge on any atom is -0.274 e. The number of imide groups is 1. The minimum absolute atomic E-state index is 0.0358. The Bertz CT molecular complexity index is 1070. The third-order valence-corrected chi connectivity index (χ3v) is 6.53. The van der Waals surface area contributed by atoms with E-state index in [9.17, 15) is 19.7 Å². The van der Waals surface area contributed by atoms with Gasteiger partial charge in [-0.1, -0.05) is 41.4 Å². The molecule has 2 aromatic rings. The average molecular weight is 427 g/mol. The lowest BCUT2D eigenvalue weighted by Crippen LogP contribution is -2.44. The van der Waals surface area contributed by atoms with Gasteiger partial charge in [0.1, 0.15) is 11.1 Å². The van der Waals surface area contributed by atoms with Crippen molar-refractivity contribution in [3.63, 3.8) is 0 Å². The van der Waals surface area contributed by atoms with Crippen LogP contribution in [0.2, 0.25) is 5.02 Å². The highest BCUT2D eigenvalue weighted by atomic mass is 35.5. The number of nitrogens with zero attached hydrogens (tertiary/aromatic N) is 4. The topological polar surface area (TPSA) is 87.0 Å². The summed E-state index contributed by atoms with van der Waals surface area (Å²) in [4.78, 5) is 38.6. The van der Waals surface area contributed by atoms with E-state index in [0.29, 0.717) is 6.54 Å². The van der Waals surface area contributed by atoms with Crippen molar-refractivity contribution in [1.82, 2.24) is 10.0 Å². The zero-order valence-electron chi connectivity index (χ0n) is 16.2. The first kappa shape index (κ1) is 19.2. The Hall–Kier alpha value is -2.81. The van der Waals surface area contributed by atoms with Gasteiger partial charge in [0.05, 0.1) is 22.6 Å². The van der Waals surface area contributed by atoms with E-state index in [1.165, 1.54) is 18.2 Å². The van der Waals surface area contributed by atoms with Crippen molar-refractivity contribution in [1.29, 1.82) is 0 Å². The molecule has 5 rings (SSSR count). The van der Waals surface area contributed by atoms with E-state index in [1.54, 1.807) is 0 Å². The zero-order valence-corrected chi connectivity index (χ0v) is 17.0. The number of carbonyl (C=O) groups is 2. The van der Waals surface area contributed by atoms with Crippen LogP contribution in [0, 0.1) is 23.0 Å². The van der Waals surface area contributed by atoms with Gasteiger partial charge >= 0.3 is 0 Å². The average Bonchev–Trinajstić information content (AvgIpc) is 3.36. The number of amides is 2. The van der Waals surface area contributed by atoms with Crippen LogP contribution in [-0.2, 0) is 9.59 Å². The second-order valence-corrected chi connectivity index (χ2v) is 8.32. The fourth-order valence-corrected chi connectivity index (χ4v) is 5.10. The molecule has 0 aromatic heterocycles. The van der Waals surface area contributed by atoms with E-state index in [-0.39, 0.29) is 34.3 Å². The van der Waals surface area contributed by atoms with Gasteiger partial charge in [0.15, 0.2) is 0 Å². The van der Waals surface area contributed by atoms with Crippen molar-refractivity contribution in [2.45, 2.75) is 25.4 Å². The molecule has 3 aliphatic rings. The van der Waals surface area contributed by atoms with Gasteiger partial charge in [-0.2, -0.15) is 0 Å². The number of carbonyl (C=O) groups excluding carboxylic acids is 2. The Kier molecular flexibility index (Phi) is 4.39. The lowest BCUT2D eigenvalue weighted by molar-refractivity contribution is -0.384. The summed E-state index contributed by atoms with van der Waals surface area (Å²) in [5.41, 5.74) is 1.97. The summed E-state index contributed by atoms with van der Waals surface area (Å²) in [5.74, 6) is -1.24. The van der Waals surface area contributed by atoms with E-state index in [4.69, 9.17) is 11.6 Å². The lowest BCUT2D eigenvalue weighted by Gasteiger charge is -2.29. The smallest absolute Gasteiger partial charge is 0.274 e. The van der Waals surface area contributed by atoms with Gasteiger partial charge in [0, 0.05) is 19.2 Å². The van der Waals surface area contributed by atoms with Crippen LogP contribution in [0.5, 0.6) is 0 Å². The van der Waals surface area contributed by atoms with Crippen LogP contribution in [-0.4, -0.2) is 45.9 Å². The fourth-order valence-electron chi connectivity index (χ4n) is 4.91. The number of hydrogen-bond donors (Lipinski definition) is 0. The molecule has 0 unspecified atom stereocenters. The molecule has 8 nitrogen and oxygen atoms in total. The highest BCUT2D eigenvalue weighted by molar-refractivity contribution is 6.33. The second kappa shape index (κ2) is 6.87. The fraction of sp³-hybridized carbons (Fsp3) is 0.333.